The van der Waals surface area contributed by atoms with Crippen molar-refractivity contribution in [2.75, 3.05) is 11.9 Å². The van der Waals surface area contributed by atoms with Crippen LogP contribution in [0, 0.1) is 6.92 Å². The molecule has 0 atom stereocenters. The van der Waals surface area contributed by atoms with Crippen molar-refractivity contribution in [3.05, 3.63) is 70.1 Å². The van der Waals surface area contributed by atoms with Gasteiger partial charge in [-0.1, -0.05) is 26.0 Å². The van der Waals surface area contributed by atoms with Crippen LogP contribution in [0.2, 0.25) is 0 Å². The largest absolute Gasteiger partial charge is 0.483 e. The van der Waals surface area contributed by atoms with E-state index in [9.17, 15) is 9.59 Å². The lowest BCUT2D eigenvalue weighted by atomic mass is 10.0. The summed E-state index contributed by atoms with van der Waals surface area (Å²) in [6.07, 6.45) is 0. The minimum atomic E-state index is -0.401. The van der Waals surface area contributed by atoms with Crippen molar-refractivity contribution in [1.82, 2.24) is 0 Å². The molecule has 1 amide bonds. The van der Waals surface area contributed by atoms with Gasteiger partial charge in [-0.25, -0.2) is 4.79 Å². The summed E-state index contributed by atoms with van der Waals surface area (Å²) in [5, 5.41) is 3.53. The van der Waals surface area contributed by atoms with Crippen molar-refractivity contribution in [3.8, 4) is 5.75 Å². The third-order valence-corrected chi connectivity index (χ3v) is 4.14. The van der Waals surface area contributed by atoms with Crippen LogP contribution in [0.4, 0.5) is 5.69 Å². The fourth-order valence-electron chi connectivity index (χ4n) is 2.62. The number of nitrogens with one attached hydrogen (secondary N) is 1. The van der Waals surface area contributed by atoms with Gasteiger partial charge in [-0.2, -0.15) is 0 Å². The quantitative estimate of drug-likeness (QED) is 0.698. The molecule has 0 radical (unpaired) electrons. The van der Waals surface area contributed by atoms with Crippen LogP contribution >= 0.6 is 0 Å². The molecule has 1 heterocycles. The van der Waals surface area contributed by atoms with Crippen LogP contribution in [0.5, 0.6) is 5.75 Å². The molecule has 3 rings (SSSR count). The monoisotopic (exact) mass is 351 g/mol. The topological polar surface area (TPSA) is 68.5 Å². The molecule has 3 aromatic rings. The highest BCUT2D eigenvalue weighted by Gasteiger charge is 2.09. The van der Waals surface area contributed by atoms with E-state index < -0.39 is 5.63 Å². The lowest BCUT2D eigenvalue weighted by Gasteiger charge is -2.13. The maximum Gasteiger partial charge on any atom is 0.336 e. The number of rotatable bonds is 5. The predicted octanol–water partition coefficient (Wildman–Crippen LogP) is 4.24. The van der Waals surface area contributed by atoms with Crippen LogP contribution in [-0.2, 0) is 4.79 Å². The van der Waals surface area contributed by atoms with Crippen molar-refractivity contribution in [1.29, 1.82) is 0 Å². The summed E-state index contributed by atoms with van der Waals surface area (Å²) in [7, 11) is 0. The van der Waals surface area contributed by atoms with E-state index in [1.807, 2.05) is 19.1 Å². The third-order valence-electron chi connectivity index (χ3n) is 4.14. The average Bonchev–Trinajstić information content (AvgIpc) is 2.61. The molecular weight excluding hydrogens is 330 g/mol. The van der Waals surface area contributed by atoms with E-state index in [4.69, 9.17) is 9.15 Å². The second-order valence-corrected chi connectivity index (χ2v) is 6.52. The van der Waals surface area contributed by atoms with Crippen LogP contribution in [0.3, 0.4) is 0 Å². The predicted molar refractivity (Wildman–Crippen MR) is 102 cm³/mol. The molecule has 0 aliphatic rings. The van der Waals surface area contributed by atoms with Gasteiger partial charge in [-0.05, 0) is 54.3 Å². The van der Waals surface area contributed by atoms with Gasteiger partial charge >= 0.3 is 5.63 Å². The number of benzene rings is 2. The number of anilines is 1. The number of hydrogen-bond donors (Lipinski definition) is 1. The first-order chi connectivity index (χ1) is 12.4. The molecule has 134 valence electrons. The summed E-state index contributed by atoms with van der Waals surface area (Å²) in [6, 6.07) is 14.2. The molecule has 0 aliphatic carbocycles. The van der Waals surface area contributed by atoms with Crippen LogP contribution in [0.1, 0.15) is 30.9 Å². The van der Waals surface area contributed by atoms with Crippen LogP contribution < -0.4 is 15.7 Å². The van der Waals surface area contributed by atoms with Gasteiger partial charge in [0.2, 0.25) is 0 Å². The van der Waals surface area contributed by atoms with Gasteiger partial charge < -0.3 is 14.5 Å². The molecule has 1 N–H and O–H groups in total. The molecule has 0 unspecified atom stereocenters. The van der Waals surface area contributed by atoms with Crippen molar-refractivity contribution >= 4 is 22.6 Å². The Kier molecular flexibility index (Phi) is 5.07. The zero-order valence-electron chi connectivity index (χ0n) is 15.0. The first kappa shape index (κ1) is 17.7. The van der Waals surface area contributed by atoms with E-state index in [2.05, 4.69) is 25.2 Å². The molecule has 2 aromatic carbocycles. The SMILES string of the molecule is Cc1ccc(C(C)C)cc1OCC(=O)Nc1ccc2oc(=O)ccc2c1. The Bertz CT molecular complexity index is 1000. The highest BCUT2D eigenvalue weighted by molar-refractivity contribution is 5.94. The highest BCUT2D eigenvalue weighted by Crippen LogP contribution is 2.24. The average molecular weight is 351 g/mol. The molecule has 5 heteroatoms. The number of amides is 1. The molecule has 0 spiro atoms. The third kappa shape index (κ3) is 4.11. The summed E-state index contributed by atoms with van der Waals surface area (Å²) in [5.74, 6) is 0.854. The second-order valence-electron chi connectivity index (χ2n) is 6.52. The number of carbonyl (C=O) groups excluding carboxylic acids is 1. The summed E-state index contributed by atoms with van der Waals surface area (Å²) >= 11 is 0. The first-order valence-electron chi connectivity index (χ1n) is 8.49. The number of carbonyl (C=O) groups is 1. The van der Waals surface area contributed by atoms with Gasteiger partial charge in [0.15, 0.2) is 6.61 Å². The standard InChI is InChI=1S/C21H21NO4/c1-13(2)15-5-4-14(3)19(11-15)25-12-20(23)22-17-7-8-18-16(10-17)6-9-21(24)26-18/h4-11,13H,12H2,1-3H3,(H,22,23). The molecule has 0 aliphatic heterocycles. The number of ether oxygens (including phenoxy) is 1. The van der Waals surface area contributed by atoms with Crippen molar-refractivity contribution in [2.24, 2.45) is 0 Å². The molecular formula is C21H21NO4. The van der Waals surface area contributed by atoms with E-state index in [0.29, 0.717) is 22.9 Å². The minimum absolute atomic E-state index is 0.0791. The summed E-state index contributed by atoms with van der Waals surface area (Å²) in [4.78, 5) is 23.4. The molecule has 0 saturated carbocycles. The first-order valence-corrected chi connectivity index (χ1v) is 8.49. The van der Waals surface area contributed by atoms with E-state index in [0.717, 1.165) is 10.9 Å². The van der Waals surface area contributed by atoms with Crippen LogP contribution in [0.25, 0.3) is 11.0 Å². The zero-order valence-corrected chi connectivity index (χ0v) is 15.0. The molecule has 0 fully saturated rings. The summed E-state index contributed by atoms with van der Waals surface area (Å²) in [5.41, 5.74) is 2.85. The van der Waals surface area contributed by atoms with Gasteiger partial charge in [0.25, 0.3) is 5.91 Å². The maximum atomic E-state index is 12.2. The molecule has 0 bridgehead atoms. The van der Waals surface area contributed by atoms with Gasteiger partial charge in [0, 0.05) is 17.1 Å². The normalized spacial score (nSPS) is 10.9. The fourth-order valence-corrected chi connectivity index (χ4v) is 2.62. The molecule has 0 saturated heterocycles. The van der Waals surface area contributed by atoms with E-state index in [1.165, 1.54) is 11.6 Å². The van der Waals surface area contributed by atoms with Gasteiger partial charge in [0.05, 0.1) is 0 Å². The Hall–Kier alpha value is -3.08. The second kappa shape index (κ2) is 7.44. The Balaban J connectivity index is 1.67. The van der Waals surface area contributed by atoms with Crippen molar-refractivity contribution < 1.29 is 13.9 Å². The Morgan fingerprint density at radius 3 is 2.69 bits per heavy atom. The van der Waals surface area contributed by atoms with E-state index in [-0.39, 0.29) is 12.5 Å². The lowest BCUT2D eigenvalue weighted by molar-refractivity contribution is -0.118. The summed E-state index contributed by atoms with van der Waals surface area (Å²) < 4.78 is 10.8. The number of aryl methyl sites for hydroxylation is 1. The highest BCUT2D eigenvalue weighted by atomic mass is 16.5. The van der Waals surface area contributed by atoms with Crippen molar-refractivity contribution in [3.63, 3.8) is 0 Å². The zero-order chi connectivity index (χ0) is 18.7. The van der Waals surface area contributed by atoms with E-state index in [1.54, 1.807) is 24.3 Å². The molecule has 1 aromatic heterocycles. The van der Waals surface area contributed by atoms with Crippen molar-refractivity contribution in [2.45, 2.75) is 26.7 Å². The van der Waals surface area contributed by atoms with Gasteiger partial charge in [0.1, 0.15) is 11.3 Å². The smallest absolute Gasteiger partial charge is 0.336 e. The Morgan fingerprint density at radius 1 is 1.12 bits per heavy atom. The Labute approximate surface area is 151 Å². The molecule has 5 nitrogen and oxygen atoms in total. The van der Waals surface area contributed by atoms with Crippen LogP contribution in [0.15, 0.2) is 57.7 Å². The van der Waals surface area contributed by atoms with E-state index >= 15 is 0 Å². The Morgan fingerprint density at radius 2 is 1.92 bits per heavy atom. The number of hydrogen-bond acceptors (Lipinski definition) is 4. The fraction of sp³-hybridized carbons (Fsp3) is 0.238. The van der Waals surface area contributed by atoms with Gasteiger partial charge in [-0.15, -0.1) is 0 Å². The molecule has 26 heavy (non-hydrogen) atoms. The van der Waals surface area contributed by atoms with Crippen LogP contribution in [-0.4, -0.2) is 12.5 Å². The summed E-state index contributed by atoms with van der Waals surface area (Å²) in [6.45, 7) is 6.10. The number of fused-ring (bicyclic) bond motifs is 1. The lowest BCUT2D eigenvalue weighted by Crippen LogP contribution is -2.20. The van der Waals surface area contributed by atoms with Gasteiger partial charge in [-0.3, -0.25) is 4.79 Å². The maximum absolute atomic E-state index is 12.2. The minimum Gasteiger partial charge on any atom is -0.483 e.